The van der Waals surface area contributed by atoms with Crippen LogP contribution in [0.5, 0.6) is 0 Å². The lowest BCUT2D eigenvalue weighted by atomic mass is 9.55. The van der Waals surface area contributed by atoms with Crippen molar-refractivity contribution in [1.29, 1.82) is 0 Å². The van der Waals surface area contributed by atoms with Crippen molar-refractivity contribution in [3.05, 3.63) is 12.2 Å². The first-order chi connectivity index (χ1) is 6.79. The van der Waals surface area contributed by atoms with Crippen LogP contribution >= 0.6 is 0 Å². The number of carbonyl (C=O) groups is 1. The highest BCUT2D eigenvalue weighted by atomic mass is 16.2. The predicted molar refractivity (Wildman–Crippen MR) is 63.5 cm³/mol. The first-order valence-electron chi connectivity index (χ1n) is 5.73. The fraction of sp³-hybridized carbons (Fsp3) is 0.769. The van der Waals surface area contributed by atoms with Gasteiger partial charge in [0, 0.05) is 11.5 Å². The zero-order chi connectivity index (χ0) is 11.7. The standard InChI is InChI=1S/C13H23NO/c1-6-7-10(2)14-11(15)13(5)8-12(3,4)9-13/h6-7,10H,8-9H2,1-5H3,(H,14,15)/b7-6+. The number of nitrogens with one attached hydrogen (secondary N) is 1. The summed E-state index contributed by atoms with van der Waals surface area (Å²) in [5.74, 6) is 0.201. The molecular weight excluding hydrogens is 186 g/mol. The van der Waals surface area contributed by atoms with Crippen LogP contribution in [-0.2, 0) is 4.79 Å². The van der Waals surface area contributed by atoms with Gasteiger partial charge in [0.25, 0.3) is 0 Å². The molecule has 2 heteroatoms. The van der Waals surface area contributed by atoms with Gasteiger partial charge in [0.1, 0.15) is 0 Å². The fourth-order valence-corrected chi connectivity index (χ4v) is 2.94. The van der Waals surface area contributed by atoms with Gasteiger partial charge in [-0.25, -0.2) is 0 Å². The maximum Gasteiger partial charge on any atom is 0.226 e. The molecule has 1 rings (SSSR count). The molecule has 1 aliphatic carbocycles. The van der Waals surface area contributed by atoms with Gasteiger partial charge in [-0.2, -0.15) is 0 Å². The molecule has 0 spiro atoms. The van der Waals surface area contributed by atoms with Crippen LogP contribution in [0.4, 0.5) is 0 Å². The summed E-state index contributed by atoms with van der Waals surface area (Å²) < 4.78 is 0. The van der Waals surface area contributed by atoms with Crippen LogP contribution in [0.25, 0.3) is 0 Å². The highest BCUT2D eigenvalue weighted by molar-refractivity contribution is 5.83. The SMILES string of the molecule is C/C=C/C(C)NC(=O)C1(C)CC(C)(C)C1. The first kappa shape index (κ1) is 12.3. The van der Waals surface area contributed by atoms with E-state index in [1.165, 1.54) is 0 Å². The van der Waals surface area contributed by atoms with Crippen molar-refractivity contribution in [2.24, 2.45) is 10.8 Å². The van der Waals surface area contributed by atoms with E-state index in [9.17, 15) is 4.79 Å². The molecule has 0 heterocycles. The van der Waals surface area contributed by atoms with E-state index in [1.807, 2.05) is 26.0 Å². The highest BCUT2D eigenvalue weighted by Crippen LogP contribution is 2.53. The molecule has 0 radical (unpaired) electrons. The number of carbonyl (C=O) groups excluding carboxylic acids is 1. The first-order valence-corrected chi connectivity index (χ1v) is 5.73. The number of rotatable bonds is 3. The van der Waals surface area contributed by atoms with Crippen molar-refractivity contribution in [3.63, 3.8) is 0 Å². The smallest absolute Gasteiger partial charge is 0.226 e. The second-order valence-corrected chi connectivity index (χ2v) is 5.87. The lowest BCUT2D eigenvalue weighted by Crippen LogP contribution is -2.52. The van der Waals surface area contributed by atoms with Gasteiger partial charge < -0.3 is 5.32 Å². The Hall–Kier alpha value is -0.790. The molecule has 0 saturated heterocycles. The number of hydrogen-bond acceptors (Lipinski definition) is 1. The minimum Gasteiger partial charge on any atom is -0.350 e. The molecule has 0 aromatic heterocycles. The quantitative estimate of drug-likeness (QED) is 0.711. The zero-order valence-electron chi connectivity index (χ0n) is 10.6. The molecule has 1 saturated carbocycles. The lowest BCUT2D eigenvalue weighted by Gasteiger charge is -2.50. The highest BCUT2D eigenvalue weighted by Gasteiger charge is 2.50. The molecule has 1 N–H and O–H groups in total. The lowest BCUT2D eigenvalue weighted by molar-refractivity contribution is -0.142. The summed E-state index contributed by atoms with van der Waals surface area (Å²) in [5, 5.41) is 3.04. The summed E-state index contributed by atoms with van der Waals surface area (Å²) >= 11 is 0. The van der Waals surface area contributed by atoms with Crippen molar-refractivity contribution in [3.8, 4) is 0 Å². The Labute approximate surface area is 93.1 Å². The van der Waals surface area contributed by atoms with Gasteiger partial charge in [0.15, 0.2) is 0 Å². The van der Waals surface area contributed by atoms with E-state index >= 15 is 0 Å². The van der Waals surface area contributed by atoms with Crippen LogP contribution in [0.15, 0.2) is 12.2 Å². The van der Waals surface area contributed by atoms with Crippen LogP contribution in [-0.4, -0.2) is 11.9 Å². The summed E-state index contributed by atoms with van der Waals surface area (Å²) in [7, 11) is 0. The maximum absolute atomic E-state index is 12.0. The minimum absolute atomic E-state index is 0.140. The third kappa shape index (κ3) is 2.83. The Bertz CT molecular complexity index is 270. The van der Waals surface area contributed by atoms with Gasteiger partial charge in [-0.1, -0.05) is 32.9 Å². The molecule has 2 nitrogen and oxygen atoms in total. The predicted octanol–water partition coefficient (Wildman–Crippen LogP) is 2.89. The van der Waals surface area contributed by atoms with Gasteiger partial charge in [-0.15, -0.1) is 0 Å². The Morgan fingerprint density at radius 3 is 2.27 bits per heavy atom. The average Bonchev–Trinajstić information content (AvgIpc) is 2.00. The normalized spacial score (nSPS) is 24.6. The second-order valence-electron chi connectivity index (χ2n) is 5.87. The van der Waals surface area contributed by atoms with Gasteiger partial charge in [-0.3, -0.25) is 4.79 Å². The molecule has 15 heavy (non-hydrogen) atoms. The van der Waals surface area contributed by atoms with E-state index in [4.69, 9.17) is 0 Å². The molecule has 0 aromatic rings. The van der Waals surface area contributed by atoms with Gasteiger partial charge in [-0.05, 0) is 32.1 Å². The molecular formula is C13H23NO. The molecule has 0 bridgehead atoms. The molecule has 1 fully saturated rings. The monoisotopic (exact) mass is 209 g/mol. The van der Waals surface area contributed by atoms with Gasteiger partial charge in [0.2, 0.25) is 5.91 Å². The maximum atomic E-state index is 12.0. The Kier molecular flexibility index (Phi) is 3.27. The summed E-state index contributed by atoms with van der Waals surface area (Å²) in [6, 6.07) is 0.142. The van der Waals surface area contributed by atoms with E-state index in [0.29, 0.717) is 5.41 Å². The second kappa shape index (κ2) is 3.99. The van der Waals surface area contributed by atoms with Crippen LogP contribution in [0.2, 0.25) is 0 Å². The van der Waals surface area contributed by atoms with Gasteiger partial charge in [0.05, 0.1) is 0 Å². The molecule has 1 unspecified atom stereocenters. The zero-order valence-corrected chi connectivity index (χ0v) is 10.6. The Morgan fingerprint density at radius 1 is 1.33 bits per heavy atom. The summed E-state index contributed by atoms with van der Waals surface area (Å²) in [4.78, 5) is 12.0. The van der Waals surface area contributed by atoms with E-state index in [0.717, 1.165) is 12.8 Å². The van der Waals surface area contributed by atoms with Crippen LogP contribution < -0.4 is 5.32 Å². The van der Waals surface area contributed by atoms with Crippen molar-refractivity contribution in [2.75, 3.05) is 0 Å². The number of hydrogen-bond donors (Lipinski definition) is 1. The molecule has 0 aromatic carbocycles. The molecule has 1 amide bonds. The third-order valence-corrected chi connectivity index (χ3v) is 3.13. The number of allylic oxidation sites excluding steroid dienone is 1. The minimum atomic E-state index is -0.140. The van der Waals surface area contributed by atoms with E-state index in [-0.39, 0.29) is 17.4 Å². The summed E-state index contributed by atoms with van der Waals surface area (Å²) in [5.41, 5.74) is 0.204. The van der Waals surface area contributed by atoms with Crippen molar-refractivity contribution in [2.45, 2.75) is 53.5 Å². The molecule has 86 valence electrons. The molecule has 1 atom stereocenters. The Balaban J connectivity index is 2.49. The molecule has 1 aliphatic rings. The van der Waals surface area contributed by atoms with E-state index in [1.54, 1.807) is 0 Å². The van der Waals surface area contributed by atoms with Crippen molar-refractivity contribution >= 4 is 5.91 Å². The van der Waals surface area contributed by atoms with Crippen LogP contribution in [0.3, 0.4) is 0 Å². The Morgan fingerprint density at radius 2 is 1.87 bits per heavy atom. The van der Waals surface area contributed by atoms with E-state index < -0.39 is 0 Å². The van der Waals surface area contributed by atoms with Crippen LogP contribution in [0, 0.1) is 10.8 Å². The molecule has 0 aliphatic heterocycles. The topological polar surface area (TPSA) is 29.1 Å². The fourth-order valence-electron chi connectivity index (χ4n) is 2.94. The largest absolute Gasteiger partial charge is 0.350 e. The summed E-state index contributed by atoms with van der Waals surface area (Å²) in [6.07, 6.45) is 5.96. The summed E-state index contributed by atoms with van der Waals surface area (Å²) in [6.45, 7) is 10.5. The van der Waals surface area contributed by atoms with E-state index in [2.05, 4.69) is 26.1 Å². The van der Waals surface area contributed by atoms with Gasteiger partial charge >= 0.3 is 0 Å². The number of amides is 1. The van der Waals surface area contributed by atoms with Crippen molar-refractivity contribution < 1.29 is 4.79 Å². The van der Waals surface area contributed by atoms with Crippen molar-refractivity contribution in [1.82, 2.24) is 5.32 Å². The average molecular weight is 209 g/mol. The third-order valence-electron chi connectivity index (χ3n) is 3.13. The van der Waals surface area contributed by atoms with Crippen LogP contribution in [0.1, 0.15) is 47.5 Å².